The van der Waals surface area contributed by atoms with Gasteiger partial charge in [-0.3, -0.25) is 14.4 Å². The van der Waals surface area contributed by atoms with Gasteiger partial charge in [-0.15, -0.1) is 0 Å². The fourth-order valence-corrected chi connectivity index (χ4v) is 5.25. The number of hydrogen-bond donors (Lipinski definition) is 1. The smallest absolute Gasteiger partial charge is 0.257 e. The van der Waals surface area contributed by atoms with E-state index in [1.54, 1.807) is 17.0 Å². The first-order chi connectivity index (χ1) is 15.5. The summed E-state index contributed by atoms with van der Waals surface area (Å²) in [6.45, 7) is 1.77. The number of likely N-dealkylation sites (tertiary alicyclic amines) is 1. The van der Waals surface area contributed by atoms with E-state index in [1.807, 2.05) is 4.90 Å². The van der Waals surface area contributed by atoms with Crippen molar-refractivity contribution < 1.29 is 14.0 Å². The summed E-state index contributed by atoms with van der Waals surface area (Å²) in [6.07, 6.45) is 5.33. The van der Waals surface area contributed by atoms with E-state index < -0.39 is 11.7 Å². The number of benzene rings is 1. The molecule has 1 saturated heterocycles. The van der Waals surface area contributed by atoms with E-state index in [2.05, 4.69) is 4.98 Å². The lowest BCUT2D eigenvalue weighted by molar-refractivity contribution is -0.134. The Morgan fingerprint density at radius 3 is 2.62 bits per heavy atom. The van der Waals surface area contributed by atoms with Crippen LogP contribution in [0.1, 0.15) is 65.5 Å². The van der Waals surface area contributed by atoms with Crippen molar-refractivity contribution in [2.75, 3.05) is 19.6 Å². The van der Waals surface area contributed by atoms with Gasteiger partial charge in [-0.05, 0) is 37.8 Å². The van der Waals surface area contributed by atoms with Crippen molar-refractivity contribution in [3.8, 4) is 0 Å². The van der Waals surface area contributed by atoms with Crippen molar-refractivity contribution in [1.29, 1.82) is 0 Å². The van der Waals surface area contributed by atoms with Gasteiger partial charge < -0.3 is 14.8 Å². The molecule has 3 aliphatic rings. The van der Waals surface area contributed by atoms with Crippen LogP contribution in [0, 0.1) is 11.7 Å². The lowest BCUT2D eigenvalue weighted by Gasteiger charge is -2.28. The standard InChI is InChI=1S/C24H27FN4O3/c25-19-8-4-3-7-17(19)24(32)29-12-10-18-20(14-29)26-21(27-22(18)30)16-9-11-28(13-16)23(31)15-5-1-2-6-15/h3-4,7-8,15-16H,1-2,5-6,9-14H2,(H,26,27,30)/t16-/m0/s1. The second-order valence-corrected chi connectivity index (χ2v) is 9.08. The number of aromatic nitrogens is 2. The summed E-state index contributed by atoms with van der Waals surface area (Å²) in [7, 11) is 0. The first-order valence-electron chi connectivity index (χ1n) is 11.5. The predicted molar refractivity (Wildman–Crippen MR) is 116 cm³/mol. The van der Waals surface area contributed by atoms with E-state index in [9.17, 15) is 18.8 Å². The quantitative estimate of drug-likeness (QED) is 0.798. The summed E-state index contributed by atoms with van der Waals surface area (Å²) < 4.78 is 14.1. The van der Waals surface area contributed by atoms with Crippen molar-refractivity contribution in [2.45, 2.75) is 51.0 Å². The second kappa shape index (κ2) is 8.48. The predicted octanol–water partition coefficient (Wildman–Crippen LogP) is 2.61. The normalized spacial score (nSPS) is 21.1. The van der Waals surface area contributed by atoms with E-state index in [1.165, 1.54) is 12.1 Å². The molecule has 1 N–H and O–H groups in total. The SMILES string of the molecule is O=C(c1ccccc1F)N1CCc2c(nc([C@H]3CCN(C(=O)C4CCCC4)C3)[nH]c2=O)C1. The molecule has 3 heterocycles. The summed E-state index contributed by atoms with van der Waals surface area (Å²) >= 11 is 0. The minimum Gasteiger partial charge on any atom is -0.342 e. The van der Waals surface area contributed by atoms with E-state index in [-0.39, 0.29) is 35.4 Å². The molecule has 1 aromatic heterocycles. The molecule has 0 radical (unpaired) electrons. The third kappa shape index (κ3) is 3.82. The van der Waals surface area contributed by atoms with Crippen LogP contribution < -0.4 is 5.56 Å². The molecule has 168 valence electrons. The zero-order chi connectivity index (χ0) is 22.2. The van der Waals surface area contributed by atoms with E-state index >= 15 is 0 Å². The van der Waals surface area contributed by atoms with Gasteiger partial charge in [0.15, 0.2) is 0 Å². The number of aromatic amines is 1. The van der Waals surface area contributed by atoms with Crippen LogP contribution in [-0.2, 0) is 17.8 Å². The van der Waals surface area contributed by atoms with Gasteiger partial charge in [0.1, 0.15) is 11.6 Å². The molecule has 7 nitrogen and oxygen atoms in total. The number of nitrogens with zero attached hydrogens (tertiary/aromatic N) is 3. The topological polar surface area (TPSA) is 86.4 Å². The molecular weight excluding hydrogens is 411 g/mol. The number of hydrogen-bond acceptors (Lipinski definition) is 4. The maximum Gasteiger partial charge on any atom is 0.257 e. The lowest BCUT2D eigenvalue weighted by Crippen LogP contribution is -2.40. The van der Waals surface area contributed by atoms with Crippen LogP contribution in [0.3, 0.4) is 0 Å². The molecule has 2 aromatic rings. The van der Waals surface area contributed by atoms with Gasteiger partial charge >= 0.3 is 0 Å². The number of H-pyrrole nitrogens is 1. The van der Waals surface area contributed by atoms with Gasteiger partial charge in [0.25, 0.3) is 11.5 Å². The lowest BCUT2D eigenvalue weighted by atomic mass is 10.0. The number of carbonyl (C=O) groups excluding carboxylic acids is 2. The molecule has 0 unspecified atom stereocenters. The Hall–Kier alpha value is -3.03. The van der Waals surface area contributed by atoms with Crippen LogP contribution >= 0.6 is 0 Å². The number of halogens is 1. The van der Waals surface area contributed by atoms with Crippen LogP contribution in [0.5, 0.6) is 0 Å². The fraction of sp³-hybridized carbons (Fsp3) is 0.500. The first kappa shape index (κ1) is 20.8. The molecule has 8 heteroatoms. The van der Waals surface area contributed by atoms with Crippen LogP contribution in [0.4, 0.5) is 4.39 Å². The van der Waals surface area contributed by atoms with Crippen LogP contribution in [0.2, 0.25) is 0 Å². The van der Waals surface area contributed by atoms with E-state index in [4.69, 9.17) is 4.98 Å². The monoisotopic (exact) mass is 438 g/mol. The molecule has 0 spiro atoms. The number of fused-ring (bicyclic) bond motifs is 1. The van der Waals surface area contributed by atoms with Gasteiger partial charge in [-0.2, -0.15) is 0 Å². The third-order valence-corrected chi connectivity index (χ3v) is 7.07. The summed E-state index contributed by atoms with van der Waals surface area (Å²) in [5.74, 6) is -0.0201. The zero-order valence-electron chi connectivity index (χ0n) is 18.0. The Morgan fingerprint density at radius 2 is 1.84 bits per heavy atom. The highest BCUT2D eigenvalue weighted by Crippen LogP contribution is 2.31. The molecule has 2 fully saturated rings. The number of rotatable bonds is 3. The molecular formula is C24H27FN4O3. The Kier molecular flexibility index (Phi) is 5.53. The molecule has 2 aliphatic heterocycles. The molecule has 1 atom stereocenters. The highest BCUT2D eigenvalue weighted by molar-refractivity contribution is 5.94. The molecule has 1 aromatic carbocycles. The highest BCUT2D eigenvalue weighted by Gasteiger charge is 2.34. The molecule has 0 bridgehead atoms. The third-order valence-electron chi connectivity index (χ3n) is 7.07. The van der Waals surface area contributed by atoms with Crippen LogP contribution in [-0.4, -0.2) is 51.2 Å². The summed E-state index contributed by atoms with van der Waals surface area (Å²) in [5.41, 5.74) is 1.00. The van der Waals surface area contributed by atoms with Crippen molar-refractivity contribution in [3.05, 3.63) is 63.1 Å². The largest absolute Gasteiger partial charge is 0.342 e. The average molecular weight is 439 g/mol. The van der Waals surface area contributed by atoms with Crippen molar-refractivity contribution in [3.63, 3.8) is 0 Å². The Labute approximate surface area is 185 Å². The summed E-state index contributed by atoms with van der Waals surface area (Å²) in [4.78, 5) is 49.4. The highest BCUT2D eigenvalue weighted by atomic mass is 19.1. The Balaban J connectivity index is 1.33. The molecule has 1 aliphatic carbocycles. The average Bonchev–Trinajstić information content (AvgIpc) is 3.51. The molecule has 1 saturated carbocycles. The number of carbonyl (C=O) groups is 2. The number of amides is 2. The van der Waals surface area contributed by atoms with Gasteiger partial charge in [0.2, 0.25) is 5.91 Å². The minimum absolute atomic E-state index is 0.0176. The van der Waals surface area contributed by atoms with Gasteiger partial charge in [-0.1, -0.05) is 25.0 Å². The van der Waals surface area contributed by atoms with E-state index in [0.29, 0.717) is 43.1 Å². The number of nitrogens with one attached hydrogen (secondary N) is 1. The Bertz CT molecular complexity index is 1110. The van der Waals surface area contributed by atoms with Gasteiger partial charge in [0, 0.05) is 37.0 Å². The van der Waals surface area contributed by atoms with Crippen molar-refractivity contribution in [1.82, 2.24) is 19.8 Å². The molecule has 5 rings (SSSR count). The maximum atomic E-state index is 14.1. The zero-order valence-corrected chi connectivity index (χ0v) is 18.0. The van der Waals surface area contributed by atoms with Gasteiger partial charge in [-0.25, -0.2) is 9.37 Å². The summed E-state index contributed by atoms with van der Waals surface area (Å²) in [5, 5.41) is 0. The van der Waals surface area contributed by atoms with Crippen molar-refractivity contribution >= 4 is 11.8 Å². The molecule has 2 amide bonds. The fourth-order valence-electron chi connectivity index (χ4n) is 5.25. The second-order valence-electron chi connectivity index (χ2n) is 9.08. The van der Waals surface area contributed by atoms with Gasteiger partial charge in [0.05, 0.1) is 17.8 Å². The van der Waals surface area contributed by atoms with Crippen molar-refractivity contribution in [2.24, 2.45) is 5.92 Å². The first-order valence-corrected chi connectivity index (χ1v) is 11.5. The summed E-state index contributed by atoms with van der Waals surface area (Å²) in [6, 6.07) is 5.92. The van der Waals surface area contributed by atoms with Crippen LogP contribution in [0.25, 0.3) is 0 Å². The minimum atomic E-state index is -0.555. The van der Waals surface area contributed by atoms with E-state index in [0.717, 1.165) is 32.1 Å². The molecule has 32 heavy (non-hydrogen) atoms. The van der Waals surface area contributed by atoms with Crippen LogP contribution in [0.15, 0.2) is 29.1 Å². The maximum absolute atomic E-state index is 14.1. The Morgan fingerprint density at radius 1 is 1.06 bits per heavy atom.